The Morgan fingerprint density at radius 3 is 2.77 bits per heavy atom. The number of hydrogen-bond acceptors (Lipinski definition) is 5. The van der Waals surface area contributed by atoms with Gasteiger partial charge in [-0.25, -0.2) is 8.42 Å². The zero-order valence-electron chi connectivity index (χ0n) is 14.4. The van der Waals surface area contributed by atoms with E-state index in [4.69, 9.17) is 9.15 Å². The number of hydrogen-bond donors (Lipinski definition) is 0. The number of rotatable bonds is 7. The molecule has 1 aliphatic heterocycles. The highest BCUT2D eigenvalue weighted by Crippen LogP contribution is 2.26. The second kappa shape index (κ2) is 7.84. The number of halogens is 1. The van der Waals surface area contributed by atoms with Gasteiger partial charge in [0.2, 0.25) is 5.91 Å². The fourth-order valence-electron chi connectivity index (χ4n) is 2.92. The molecule has 8 heteroatoms. The summed E-state index contributed by atoms with van der Waals surface area (Å²) in [4.78, 5) is 13.9. The minimum absolute atomic E-state index is 0.0449. The van der Waals surface area contributed by atoms with E-state index in [1.807, 2.05) is 18.2 Å². The number of ether oxygens (including phenoxy) is 1. The van der Waals surface area contributed by atoms with Crippen LogP contribution in [0.25, 0.3) is 0 Å². The van der Waals surface area contributed by atoms with Crippen LogP contribution in [0, 0.1) is 0 Å². The smallest absolute Gasteiger partial charge is 0.222 e. The number of benzene rings is 1. The third-order valence-electron chi connectivity index (χ3n) is 4.48. The van der Waals surface area contributed by atoms with Gasteiger partial charge in [-0.2, -0.15) is 0 Å². The Balaban J connectivity index is 1.51. The fourth-order valence-corrected chi connectivity index (χ4v) is 4.94. The molecule has 0 aliphatic carbocycles. The highest BCUT2D eigenvalue weighted by atomic mass is 79.9. The highest BCUT2D eigenvalue weighted by molar-refractivity contribution is 9.10. The molecular weight excluding hydrogens is 422 g/mol. The van der Waals surface area contributed by atoms with Crippen LogP contribution in [0.1, 0.15) is 17.7 Å². The second-order valence-electron chi connectivity index (χ2n) is 6.26. The third kappa shape index (κ3) is 4.29. The first-order valence-corrected chi connectivity index (χ1v) is 10.7. The Labute approximate surface area is 161 Å². The van der Waals surface area contributed by atoms with Crippen molar-refractivity contribution in [1.82, 2.24) is 4.90 Å². The average molecular weight is 442 g/mol. The van der Waals surface area contributed by atoms with Crippen molar-refractivity contribution in [3.8, 4) is 5.75 Å². The lowest BCUT2D eigenvalue weighted by Gasteiger charge is -2.38. The highest BCUT2D eigenvalue weighted by Gasteiger charge is 2.39. The maximum atomic E-state index is 12.3. The number of aryl methyl sites for hydroxylation is 1. The molecule has 0 atom stereocenters. The molecule has 6 nitrogen and oxygen atoms in total. The Morgan fingerprint density at radius 2 is 2.12 bits per heavy atom. The van der Waals surface area contributed by atoms with E-state index in [-0.39, 0.29) is 24.7 Å². The van der Waals surface area contributed by atoms with Crippen molar-refractivity contribution in [3.63, 3.8) is 0 Å². The Hall–Kier alpha value is -1.80. The minimum Gasteiger partial charge on any atom is -0.496 e. The summed E-state index contributed by atoms with van der Waals surface area (Å²) < 4.78 is 36.0. The summed E-state index contributed by atoms with van der Waals surface area (Å²) in [7, 11) is -1.71. The van der Waals surface area contributed by atoms with Gasteiger partial charge < -0.3 is 14.1 Å². The first-order valence-electron chi connectivity index (χ1n) is 8.23. The quantitative estimate of drug-likeness (QED) is 0.659. The van der Waals surface area contributed by atoms with Gasteiger partial charge in [-0.3, -0.25) is 4.79 Å². The molecule has 0 bridgehead atoms. The van der Waals surface area contributed by atoms with Crippen molar-refractivity contribution in [1.29, 1.82) is 0 Å². The minimum atomic E-state index is -3.31. The largest absolute Gasteiger partial charge is 0.496 e. The number of furan rings is 1. The van der Waals surface area contributed by atoms with Crippen LogP contribution in [-0.4, -0.2) is 44.7 Å². The van der Waals surface area contributed by atoms with Crippen LogP contribution in [0.15, 0.2) is 45.5 Å². The molecular formula is C18H20BrNO5S. The molecule has 1 fully saturated rings. The third-order valence-corrected chi connectivity index (χ3v) is 6.98. The molecule has 2 aromatic rings. The maximum absolute atomic E-state index is 12.3. The summed E-state index contributed by atoms with van der Waals surface area (Å²) in [5.41, 5.74) is 0.942. The number of methoxy groups -OCH3 is 1. The first-order chi connectivity index (χ1) is 12.4. The molecule has 1 aromatic heterocycles. The second-order valence-corrected chi connectivity index (χ2v) is 9.46. The van der Waals surface area contributed by atoms with Crippen molar-refractivity contribution in [2.75, 3.05) is 20.2 Å². The van der Waals surface area contributed by atoms with Crippen LogP contribution >= 0.6 is 15.9 Å². The topological polar surface area (TPSA) is 76.8 Å². The van der Waals surface area contributed by atoms with Crippen molar-refractivity contribution < 1.29 is 22.4 Å². The SMILES string of the molecule is COc1ccc(Br)cc1CCC(=O)N1CC(S(=O)(=O)Cc2ccco2)C1. The molecule has 1 saturated heterocycles. The van der Waals surface area contributed by atoms with E-state index in [9.17, 15) is 13.2 Å². The van der Waals surface area contributed by atoms with E-state index in [1.165, 1.54) is 6.26 Å². The van der Waals surface area contributed by atoms with Crippen LogP contribution in [0.3, 0.4) is 0 Å². The van der Waals surface area contributed by atoms with Crippen LogP contribution in [0.4, 0.5) is 0 Å². The summed E-state index contributed by atoms with van der Waals surface area (Å²) in [6.07, 6.45) is 2.32. The van der Waals surface area contributed by atoms with Gasteiger partial charge in [-0.1, -0.05) is 15.9 Å². The van der Waals surface area contributed by atoms with Gasteiger partial charge in [0.15, 0.2) is 9.84 Å². The average Bonchev–Trinajstić information content (AvgIpc) is 3.03. The standard InChI is InChI=1S/C18H20BrNO5S/c1-24-17-6-5-14(19)9-13(17)4-7-18(21)20-10-16(11-20)26(22,23)12-15-3-2-8-25-15/h2-3,5-6,8-9,16H,4,7,10-12H2,1H3. The molecule has 0 unspecified atom stereocenters. The van der Waals surface area contributed by atoms with Crippen LogP contribution < -0.4 is 4.74 Å². The van der Waals surface area contributed by atoms with Gasteiger partial charge in [0, 0.05) is 24.0 Å². The molecule has 1 aliphatic rings. The summed E-state index contributed by atoms with van der Waals surface area (Å²) in [5, 5.41) is -0.517. The zero-order valence-corrected chi connectivity index (χ0v) is 16.8. The molecule has 1 aromatic carbocycles. The molecule has 26 heavy (non-hydrogen) atoms. The number of carbonyl (C=O) groups excluding carboxylic acids is 1. The molecule has 1 amide bonds. The fraction of sp³-hybridized carbons (Fsp3) is 0.389. The molecule has 3 rings (SSSR count). The van der Waals surface area contributed by atoms with Crippen molar-refractivity contribution >= 4 is 31.7 Å². The lowest BCUT2D eigenvalue weighted by Crippen LogP contribution is -2.57. The zero-order chi connectivity index (χ0) is 18.7. The Kier molecular flexibility index (Phi) is 5.72. The maximum Gasteiger partial charge on any atom is 0.222 e. The first kappa shape index (κ1) is 19.0. The Morgan fingerprint density at radius 1 is 1.35 bits per heavy atom. The Bertz CT molecular complexity index is 873. The summed E-state index contributed by atoms with van der Waals surface area (Å²) in [6.45, 7) is 0.495. The van der Waals surface area contributed by atoms with E-state index in [1.54, 1.807) is 24.1 Å². The van der Waals surface area contributed by atoms with Gasteiger partial charge in [0.1, 0.15) is 17.3 Å². The molecule has 0 N–H and O–H groups in total. The lowest BCUT2D eigenvalue weighted by molar-refractivity contribution is -0.134. The number of nitrogens with zero attached hydrogens (tertiary/aromatic N) is 1. The van der Waals surface area contributed by atoms with E-state index < -0.39 is 15.1 Å². The molecule has 0 saturated carbocycles. The van der Waals surface area contributed by atoms with Gasteiger partial charge in [-0.15, -0.1) is 0 Å². The van der Waals surface area contributed by atoms with Gasteiger partial charge in [0.25, 0.3) is 0 Å². The molecule has 140 valence electrons. The van der Waals surface area contributed by atoms with Crippen molar-refractivity contribution in [3.05, 3.63) is 52.4 Å². The van der Waals surface area contributed by atoms with Gasteiger partial charge in [-0.05, 0) is 42.3 Å². The van der Waals surface area contributed by atoms with E-state index in [0.29, 0.717) is 18.6 Å². The predicted molar refractivity (Wildman–Crippen MR) is 101 cm³/mol. The summed E-state index contributed by atoms with van der Waals surface area (Å²) in [6, 6.07) is 8.97. The van der Waals surface area contributed by atoms with E-state index >= 15 is 0 Å². The van der Waals surface area contributed by atoms with Crippen LogP contribution in [0.2, 0.25) is 0 Å². The van der Waals surface area contributed by atoms with Gasteiger partial charge >= 0.3 is 0 Å². The summed E-state index contributed by atoms with van der Waals surface area (Å²) >= 11 is 3.41. The van der Waals surface area contributed by atoms with Crippen molar-refractivity contribution in [2.45, 2.75) is 23.8 Å². The number of carbonyl (C=O) groups is 1. The number of amides is 1. The molecule has 2 heterocycles. The predicted octanol–water partition coefficient (Wildman–Crippen LogP) is 2.81. The number of likely N-dealkylation sites (tertiary alicyclic amines) is 1. The normalized spacial score (nSPS) is 14.9. The number of sulfone groups is 1. The lowest BCUT2D eigenvalue weighted by atomic mass is 10.1. The van der Waals surface area contributed by atoms with Crippen LogP contribution in [0.5, 0.6) is 5.75 Å². The van der Waals surface area contributed by atoms with E-state index in [2.05, 4.69) is 15.9 Å². The van der Waals surface area contributed by atoms with E-state index in [0.717, 1.165) is 15.8 Å². The molecule has 0 spiro atoms. The summed E-state index contributed by atoms with van der Waals surface area (Å²) in [5.74, 6) is 0.999. The van der Waals surface area contributed by atoms with Crippen molar-refractivity contribution in [2.24, 2.45) is 0 Å². The molecule has 0 radical (unpaired) electrons. The monoisotopic (exact) mass is 441 g/mol. The van der Waals surface area contributed by atoms with Gasteiger partial charge in [0.05, 0.1) is 18.6 Å². The van der Waals surface area contributed by atoms with Crippen LogP contribution in [-0.2, 0) is 26.8 Å².